The Hall–Kier alpha value is -11.8. The molecular weight excluding hydrogens is 1700 g/mol. The number of hydrogen-bond donors (Lipinski definition) is 31. The molecular formula is C79H129N23O27. The first-order valence-corrected chi connectivity index (χ1v) is 41.7. The van der Waals surface area contributed by atoms with Crippen LogP contribution in [-0.2, 0) is 104 Å². The number of ketones is 4. The van der Waals surface area contributed by atoms with Gasteiger partial charge in [0.15, 0.2) is 0 Å². The number of carboxylic acid groups (broad SMARTS) is 3. The Labute approximate surface area is 743 Å². The maximum absolute atomic E-state index is 14.7. The number of aliphatic carboxylic acids is 3. The van der Waals surface area contributed by atoms with Crippen LogP contribution in [0, 0.1) is 17.8 Å². The lowest BCUT2D eigenvalue weighted by Crippen LogP contribution is -2.61. The number of phenolic OH excluding ortho intramolecular Hbond substituents is 2. The number of Topliss-reactive ketones (excluding diaryl/α,β-unsaturated/α-hetero) is 4. The highest BCUT2D eigenvalue weighted by Crippen LogP contribution is 2.18. The Morgan fingerprint density at radius 2 is 0.690 bits per heavy atom. The highest BCUT2D eigenvalue weighted by atomic mass is 16.4. The van der Waals surface area contributed by atoms with Gasteiger partial charge in [-0.3, -0.25) is 91.6 Å². The Bertz CT molecular complexity index is 4050. The molecule has 12 amide bonds. The third kappa shape index (κ3) is 44.7. The number of carbonyl (C=O) groups is 19. The van der Waals surface area contributed by atoms with Crippen LogP contribution in [0.2, 0.25) is 0 Å². The molecule has 722 valence electrons. The van der Waals surface area contributed by atoms with E-state index in [9.17, 15) is 132 Å². The Kier molecular flexibility index (Phi) is 52.8. The van der Waals surface area contributed by atoms with Gasteiger partial charge in [0.25, 0.3) is 0 Å². The van der Waals surface area contributed by atoms with Crippen molar-refractivity contribution in [2.75, 3.05) is 52.5 Å². The van der Waals surface area contributed by atoms with E-state index in [2.05, 4.69) is 64.5 Å². The SMILES string of the molecule is CC(C)C[C@H](NN[C@@H](Cc1ccc(O)cc1)C(=O)NCC(=O)N[C@@H](CC(=O)O)C(=O)N[C@@H](CC(=O)O)C(=O)N[C@@H](CO)C(=O)N[C@@H](CO)C(=O)N[C@@H](CC(N)=O)C(=O)NCC(=O)C(=O)[C@H](CC(C)C)NC(=O)[C@H](CC(C)C)NN[C@@H](CCCCN)C(=O)N[C@@H](CCCCN)C(=O)C(=O)[C@H](Cc1ccc(O)cc1)NN[C@@H](CCCNC(N)N)C(=O)N[C@@H](CO)C(=O)O)C(N)=O. The minimum absolute atomic E-state index is 0.0119. The van der Waals surface area contributed by atoms with Gasteiger partial charge in [0, 0.05) is 0 Å². The van der Waals surface area contributed by atoms with Crippen LogP contribution in [-0.4, -0.2) is 296 Å². The second-order valence-electron chi connectivity index (χ2n) is 31.7. The fourth-order valence-electron chi connectivity index (χ4n) is 12.4. The number of nitrogens with two attached hydrogens (primary N) is 6. The molecule has 0 saturated heterocycles. The lowest BCUT2D eigenvalue weighted by atomic mass is 9.94. The second-order valence-corrected chi connectivity index (χ2v) is 31.7. The number of benzene rings is 2. The van der Waals surface area contributed by atoms with Gasteiger partial charge in [0.1, 0.15) is 66.1 Å². The van der Waals surface area contributed by atoms with Crippen LogP contribution in [0.4, 0.5) is 0 Å². The van der Waals surface area contributed by atoms with Crippen molar-refractivity contribution in [3.05, 3.63) is 59.7 Å². The molecule has 0 aliphatic heterocycles. The lowest BCUT2D eigenvalue weighted by molar-refractivity contribution is -0.143. The molecule has 2 aromatic rings. The van der Waals surface area contributed by atoms with E-state index in [-0.39, 0.29) is 114 Å². The zero-order valence-corrected chi connectivity index (χ0v) is 72.8. The number of nitrogens with one attached hydrogen (secondary N) is 17. The average Bonchev–Trinajstić information content (AvgIpc) is 0.844. The number of aliphatic hydroxyl groups excluding tert-OH is 3. The minimum atomic E-state index is -2.25. The molecule has 37 N–H and O–H groups in total. The monoisotopic (exact) mass is 1830 g/mol. The Morgan fingerprint density at radius 1 is 0.349 bits per heavy atom. The minimum Gasteiger partial charge on any atom is -0.508 e. The molecule has 0 radical (unpaired) electrons. The highest BCUT2D eigenvalue weighted by molar-refractivity contribution is 6.41. The van der Waals surface area contributed by atoms with Crippen LogP contribution in [0.25, 0.3) is 0 Å². The first-order chi connectivity index (χ1) is 60.8. The van der Waals surface area contributed by atoms with Crippen LogP contribution in [0.1, 0.15) is 143 Å². The van der Waals surface area contributed by atoms with E-state index in [1.165, 1.54) is 48.5 Å². The van der Waals surface area contributed by atoms with Crippen LogP contribution in [0.5, 0.6) is 11.5 Å². The van der Waals surface area contributed by atoms with Crippen LogP contribution < -0.4 is 125 Å². The topological polar surface area (TPSA) is 847 Å². The number of amides is 12. The Balaban J connectivity index is 2.37. The van der Waals surface area contributed by atoms with Gasteiger partial charge in [0.05, 0.1) is 88.4 Å². The molecule has 129 heavy (non-hydrogen) atoms. The molecule has 0 fully saturated rings. The van der Waals surface area contributed by atoms with Gasteiger partial charge in [0.2, 0.25) is 94.0 Å². The van der Waals surface area contributed by atoms with Crippen molar-refractivity contribution in [2.24, 2.45) is 52.2 Å². The lowest BCUT2D eigenvalue weighted by Gasteiger charge is -2.28. The van der Waals surface area contributed by atoms with Crippen molar-refractivity contribution < 1.29 is 132 Å². The summed E-state index contributed by atoms with van der Waals surface area (Å²) in [6, 6.07) is -12.3. The van der Waals surface area contributed by atoms with Crippen LogP contribution in [0.15, 0.2) is 48.5 Å². The maximum atomic E-state index is 14.7. The molecule has 2 rings (SSSR count). The number of hydrogen-bond acceptors (Lipinski definition) is 35. The van der Waals surface area contributed by atoms with E-state index in [1.807, 2.05) is 26.6 Å². The number of rotatable bonds is 69. The van der Waals surface area contributed by atoms with Gasteiger partial charge in [-0.15, -0.1) is 0 Å². The summed E-state index contributed by atoms with van der Waals surface area (Å²) in [5.41, 5.74) is 51.2. The summed E-state index contributed by atoms with van der Waals surface area (Å²) in [7, 11) is 0. The summed E-state index contributed by atoms with van der Waals surface area (Å²) >= 11 is 0. The van der Waals surface area contributed by atoms with Gasteiger partial charge in [-0.25, -0.2) is 37.3 Å². The highest BCUT2D eigenvalue weighted by Gasteiger charge is 2.40. The number of phenols is 2. The molecule has 0 unspecified atom stereocenters. The maximum Gasteiger partial charge on any atom is 0.328 e. The van der Waals surface area contributed by atoms with Crippen molar-refractivity contribution >= 4 is 112 Å². The number of aromatic hydroxyl groups is 2. The summed E-state index contributed by atoms with van der Waals surface area (Å²) < 4.78 is 0. The van der Waals surface area contributed by atoms with Gasteiger partial charge >= 0.3 is 17.9 Å². The molecule has 0 aliphatic carbocycles. The molecule has 0 saturated carbocycles. The summed E-state index contributed by atoms with van der Waals surface area (Å²) in [6.45, 7) is 5.00. The molecule has 0 heterocycles. The summed E-state index contributed by atoms with van der Waals surface area (Å²) in [6.07, 6.45) is -3.78. The summed E-state index contributed by atoms with van der Waals surface area (Å²) in [5, 5.41) is 104. The predicted molar refractivity (Wildman–Crippen MR) is 457 cm³/mol. The van der Waals surface area contributed by atoms with Gasteiger partial charge < -0.3 is 128 Å². The van der Waals surface area contributed by atoms with Crippen molar-refractivity contribution in [3.8, 4) is 11.5 Å². The van der Waals surface area contributed by atoms with Gasteiger partial charge in [-0.05, 0) is 150 Å². The van der Waals surface area contributed by atoms with Crippen molar-refractivity contribution in [1.82, 2.24) is 91.0 Å². The van der Waals surface area contributed by atoms with Gasteiger partial charge in [-0.1, -0.05) is 72.2 Å². The number of hydrazine groups is 3. The summed E-state index contributed by atoms with van der Waals surface area (Å²) in [4.78, 5) is 255. The third-order valence-corrected chi connectivity index (χ3v) is 19.2. The number of primary amides is 2. The molecule has 50 heteroatoms. The smallest absolute Gasteiger partial charge is 0.328 e. The van der Waals surface area contributed by atoms with E-state index < -0.39 is 261 Å². The van der Waals surface area contributed by atoms with E-state index in [4.69, 9.17) is 34.4 Å². The molecule has 2 aromatic carbocycles. The fraction of sp³-hybridized carbons (Fsp3) is 0.608. The van der Waals surface area contributed by atoms with Crippen molar-refractivity contribution in [2.45, 2.75) is 235 Å². The number of unbranched alkanes of at least 4 members (excludes halogenated alkanes) is 2. The first-order valence-electron chi connectivity index (χ1n) is 41.7. The molecule has 50 nitrogen and oxygen atoms in total. The third-order valence-electron chi connectivity index (χ3n) is 19.2. The number of aliphatic hydroxyl groups is 3. The first kappa shape index (κ1) is 113. The zero-order valence-electron chi connectivity index (χ0n) is 72.8. The van der Waals surface area contributed by atoms with Crippen molar-refractivity contribution in [1.29, 1.82) is 0 Å². The second kappa shape index (κ2) is 60.1. The van der Waals surface area contributed by atoms with E-state index >= 15 is 0 Å². The normalized spacial score (nSPS) is 14.6. The molecule has 0 aliphatic rings. The molecule has 0 spiro atoms. The quantitative estimate of drug-likeness (QED) is 0.0127. The average molecular weight is 1830 g/mol. The zero-order chi connectivity index (χ0) is 97.3. The number of carboxylic acids is 3. The molecule has 0 bridgehead atoms. The van der Waals surface area contributed by atoms with E-state index in [0.717, 1.165) is 0 Å². The van der Waals surface area contributed by atoms with Gasteiger partial charge in [-0.2, -0.15) is 0 Å². The van der Waals surface area contributed by atoms with Crippen molar-refractivity contribution in [3.63, 3.8) is 0 Å². The van der Waals surface area contributed by atoms with Crippen LogP contribution >= 0.6 is 0 Å². The standard InChI is InChI=1S/C79H129N23O27/c1-39(2)26-49(91-75(125)55(28-41(5)6)101-98-47(13-8-10-24-81)71(121)90-46(12-7-9-23-80)66(116)67(117)50(29-42-15-19-44(106)20-16-42)99-97-48(14-11-25-86-79(84)85)72(122)96-59(38-105)78(128)129)65(115)60(108)34-87-69(119)52(31-61(82)109)92-76(126)57(36-103)95-77(127)58(37-104)94-74(124)54(33-64(113)114)93-73(123)53(32-63(111)112)89-62(110)35-88-70(120)56(30-43-17-21-45(107)22-18-43)102-100-51(68(83)118)27-40(3)4/h15-22,39-41,46-59,79,86,97-107H,7-14,23-38,80-81,84-85H2,1-6H3,(H2,82,109)(H2,83,118)(H,87,119)(H,88,120)(H,89,110)(H,90,121)(H,91,125)(H,92,126)(H,93,123)(H,94,124)(H,95,127)(H,96,122)(H,111,112)(H,113,114)(H,128,129)/t46-,47-,48-,49-,50-,51-,52-,53-,54-,55-,56-,57-,58-,59-/m0/s1. The largest absolute Gasteiger partial charge is 0.508 e. The number of carbonyl (C=O) groups excluding carboxylic acids is 16. The van der Waals surface area contributed by atoms with Crippen LogP contribution in [0.3, 0.4) is 0 Å². The Morgan fingerprint density at radius 3 is 1.13 bits per heavy atom. The fourth-order valence-corrected chi connectivity index (χ4v) is 12.4. The van der Waals surface area contributed by atoms with E-state index in [1.54, 1.807) is 41.5 Å². The van der Waals surface area contributed by atoms with E-state index in [0.29, 0.717) is 24.0 Å². The predicted octanol–water partition coefficient (Wildman–Crippen LogP) is -10.9. The molecule has 14 atom stereocenters. The molecule has 0 aromatic heterocycles. The summed E-state index contributed by atoms with van der Waals surface area (Å²) in [5.74, 6) is -25.3.